The fourth-order valence-electron chi connectivity index (χ4n) is 2.89. The number of hydrogen-bond acceptors (Lipinski definition) is 7. The molecule has 27 heavy (non-hydrogen) atoms. The highest BCUT2D eigenvalue weighted by Crippen LogP contribution is 2.35. The van der Waals surface area contributed by atoms with Crippen molar-refractivity contribution in [1.82, 2.24) is 15.0 Å². The van der Waals surface area contributed by atoms with Crippen molar-refractivity contribution in [3.8, 4) is 11.5 Å². The molecule has 7 heteroatoms. The highest BCUT2D eigenvalue weighted by Gasteiger charge is 2.14. The van der Waals surface area contributed by atoms with Gasteiger partial charge in [-0.05, 0) is 43.2 Å². The number of rotatable bonds is 6. The van der Waals surface area contributed by atoms with E-state index in [-0.39, 0.29) is 6.79 Å². The van der Waals surface area contributed by atoms with Crippen LogP contribution in [0.1, 0.15) is 11.4 Å². The van der Waals surface area contributed by atoms with E-state index in [1.807, 2.05) is 62.8 Å². The van der Waals surface area contributed by atoms with Crippen LogP contribution in [0.5, 0.6) is 11.5 Å². The van der Waals surface area contributed by atoms with Crippen LogP contribution >= 0.6 is 0 Å². The van der Waals surface area contributed by atoms with E-state index >= 15 is 0 Å². The van der Waals surface area contributed by atoms with E-state index in [2.05, 4.69) is 25.2 Å². The van der Waals surface area contributed by atoms with Crippen LogP contribution in [0.4, 0.5) is 17.3 Å². The third-order valence-corrected chi connectivity index (χ3v) is 4.35. The van der Waals surface area contributed by atoms with Gasteiger partial charge in [-0.3, -0.25) is 4.98 Å². The number of aromatic nitrogens is 3. The highest BCUT2D eigenvalue weighted by molar-refractivity contribution is 5.63. The molecule has 1 aliphatic heterocycles. The quantitative estimate of drug-likeness (QED) is 0.720. The first kappa shape index (κ1) is 17.1. The fourth-order valence-corrected chi connectivity index (χ4v) is 2.89. The Kier molecular flexibility index (Phi) is 4.74. The number of ether oxygens (including phenoxy) is 2. The van der Waals surface area contributed by atoms with E-state index in [9.17, 15) is 0 Å². The average molecular weight is 363 g/mol. The van der Waals surface area contributed by atoms with E-state index in [1.54, 1.807) is 0 Å². The topological polar surface area (TPSA) is 72.4 Å². The molecule has 3 heterocycles. The molecule has 1 aliphatic rings. The first-order valence-corrected chi connectivity index (χ1v) is 8.80. The Labute approximate surface area is 158 Å². The van der Waals surface area contributed by atoms with E-state index in [1.165, 1.54) is 5.56 Å². The summed E-state index contributed by atoms with van der Waals surface area (Å²) in [6, 6.07) is 11.8. The number of aryl methyl sites for hydroxylation is 1. The minimum atomic E-state index is 0.262. The Hall–Kier alpha value is -3.35. The summed E-state index contributed by atoms with van der Waals surface area (Å²) < 4.78 is 10.8. The lowest BCUT2D eigenvalue weighted by molar-refractivity contribution is 0.174. The Bertz CT molecular complexity index is 933. The smallest absolute Gasteiger partial charge is 0.231 e. The SMILES string of the molecule is Cc1nc(Nc2ccc3c(c2)OCO3)cc(N(C)CCc2ccncc2)n1. The Morgan fingerprint density at radius 2 is 1.85 bits per heavy atom. The largest absolute Gasteiger partial charge is 0.454 e. The van der Waals surface area contributed by atoms with E-state index in [0.717, 1.165) is 41.8 Å². The van der Waals surface area contributed by atoms with Crippen molar-refractivity contribution in [2.45, 2.75) is 13.3 Å². The lowest BCUT2D eigenvalue weighted by Gasteiger charge is -2.19. The van der Waals surface area contributed by atoms with Crippen molar-refractivity contribution in [1.29, 1.82) is 0 Å². The van der Waals surface area contributed by atoms with Crippen LogP contribution in [0.15, 0.2) is 48.8 Å². The molecule has 0 atom stereocenters. The Morgan fingerprint density at radius 1 is 1.04 bits per heavy atom. The zero-order chi connectivity index (χ0) is 18.6. The number of likely N-dealkylation sites (N-methyl/N-ethyl adjacent to an activating group) is 1. The molecule has 0 spiro atoms. The van der Waals surface area contributed by atoms with Gasteiger partial charge in [-0.15, -0.1) is 0 Å². The molecule has 0 fully saturated rings. The third kappa shape index (κ3) is 4.08. The monoisotopic (exact) mass is 363 g/mol. The molecule has 138 valence electrons. The molecule has 1 N–H and O–H groups in total. The summed E-state index contributed by atoms with van der Waals surface area (Å²) in [6.07, 6.45) is 4.56. The van der Waals surface area contributed by atoms with Gasteiger partial charge in [-0.2, -0.15) is 0 Å². The van der Waals surface area contributed by atoms with Crippen LogP contribution in [0, 0.1) is 6.92 Å². The van der Waals surface area contributed by atoms with Gasteiger partial charge in [0.05, 0.1) is 0 Å². The van der Waals surface area contributed by atoms with Gasteiger partial charge in [-0.1, -0.05) is 0 Å². The summed E-state index contributed by atoms with van der Waals surface area (Å²) in [5.41, 5.74) is 2.14. The number of hydrogen-bond donors (Lipinski definition) is 1. The van der Waals surface area contributed by atoms with Gasteiger partial charge < -0.3 is 19.7 Å². The number of benzene rings is 1. The fraction of sp³-hybridized carbons (Fsp3) is 0.250. The van der Waals surface area contributed by atoms with Crippen molar-refractivity contribution in [2.75, 3.05) is 30.6 Å². The maximum Gasteiger partial charge on any atom is 0.231 e. The number of fused-ring (bicyclic) bond motifs is 1. The van der Waals surface area contributed by atoms with Crippen molar-refractivity contribution in [3.05, 3.63) is 60.2 Å². The second-order valence-electron chi connectivity index (χ2n) is 6.38. The van der Waals surface area contributed by atoms with Crippen LogP contribution in [0.25, 0.3) is 0 Å². The lowest BCUT2D eigenvalue weighted by atomic mass is 10.2. The molecule has 0 saturated heterocycles. The van der Waals surface area contributed by atoms with Crippen molar-refractivity contribution in [3.63, 3.8) is 0 Å². The zero-order valence-electron chi connectivity index (χ0n) is 15.3. The Balaban J connectivity index is 1.47. The molecule has 0 radical (unpaired) electrons. The third-order valence-electron chi connectivity index (χ3n) is 4.35. The van der Waals surface area contributed by atoms with Gasteiger partial charge in [-0.25, -0.2) is 9.97 Å². The van der Waals surface area contributed by atoms with Gasteiger partial charge in [0.25, 0.3) is 0 Å². The van der Waals surface area contributed by atoms with Gasteiger partial charge >= 0.3 is 0 Å². The molecule has 0 saturated carbocycles. The molecule has 0 bridgehead atoms. The van der Waals surface area contributed by atoms with Crippen LogP contribution in [-0.4, -0.2) is 35.3 Å². The molecule has 7 nitrogen and oxygen atoms in total. The molecular weight excluding hydrogens is 342 g/mol. The van der Waals surface area contributed by atoms with E-state index in [4.69, 9.17) is 9.47 Å². The molecule has 3 aromatic rings. The number of anilines is 3. The highest BCUT2D eigenvalue weighted by atomic mass is 16.7. The number of pyridine rings is 1. The maximum absolute atomic E-state index is 5.43. The lowest BCUT2D eigenvalue weighted by Crippen LogP contribution is -2.22. The predicted octanol–water partition coefficient (Wildman–Crippen LogP) is 3.33. The average Bonchev–Trinajstić information content (AvgIpc) is 3.14. The van der Waals surface area contributed by atoms with Crippen LogP contribution < -0.4 is 19.7 Å². The number of nitrogens with zero attached hydrogens (tertiary/aromatic N) is 4. The maximum atomic E-state index is 5.43. The molecular formula is C20H21N5O2. The minimum Gasteiger partial charge on any atom is -0.454 e. The minimum absolute atomic E-state index is 0.262. The van der Waals surface area contributed by atoms with Gasteiger partial charge in [0, 0.05) is 43.8 Å². The summed E-state index contributed by atoms with van der Waals surface area (Å²) in [7, 11) is 2.04. The second kappa shape index (κ2) is 7.49. The summed E-state index contributed by atoms with van der Waals surface area (Å²) in [5, 5.41) is 3.32. The first-order valence-electron chi connectivity index (χ1n) is 8.80. The molecule has 1 aromatic carbocycles. The Morgan fingerprint density at radius 3 is 2.70 bits per heavy atom. The van der Waals surface area contributed by atoms with E-state index < -0.39 is 0 Å². The van der Waals surface area contributed by atoms with Gasteiger partial charge in [0.1, 0.15) is 17.5 Å². The molecule has 2 aromatic heterocycles. The van der Waals surface area contributed by atoms with Crippen molar-refractivity contribution in [2.24, 2.45) is 0 Å². The molecule has 0 amide bonds. The number of nitrogens with one attached hydrogen (secondary N) is 1. The van der Waals surface area contributed by atoms with Crippen LogP contribution in [0.2, 0.25) is 0 Å². The van der Waals surface area contributed by atoms with Gasteiger partial charge in [0.15, 0.2) is 11.5 Å². The zero-order valence-corrected chi connectivity index (χ0v) is 15.3. The molecule has 0 aliphatic carbocycles. The second-order valence-corrected chi connectivity index (χ2v) is 6.38. The summed E-state index contributed by atoms with van der Waals surface area (Å²) in [6.45, 7) is 3.01. The summed E-state index contributed by atoms with van der Waals surface area (Å²) in [5.74, 6) is 3.83. The first-order chi connectivity index (χ1) is 13.2. The van der Waals surface area contributed by atoms with Crippen molar-refractivity contribution < 1.29 is 9.47 Å². The summed E-state index contributed by atoms with van der Waals surface area (Å²) >= 11 is 0. The normalized spacial score (nSPS) is 12.1. The predicted molar refractivity (Wildman–Crippen MR) is 104 cm³/mol. The summed E-state index contributed by atoms with van der Waals surface area (Å²) in [4.78, 5) is 15.2. The van der Waals surface area contributed by atoms with Crippen LogP contribution in [0.3, 0.4) is 0 Å². The van der Waals surface area contributed by atoms with Crippen LogP contribution in [-0.2, 0) is 6.42 Å². The standard InChI is InChI=1S/C20H21N5O2/c1-14-22-19(24-16-3-4-17-18(11-16)27-13-26-17)12-20(23-14)25(2)10-7-15-5-8-21-9-6-15/h3-6,8-9,11-12H,7,10,13H2,1-2H3,(H,22,23,24). The van der Waals surface area contributed by atoms with E-state index in [0.29, 0.717) is 5.82 Å². The van der Waals surface area contributed by atoms with Gasteiger partial charge in [0.2, 0.25) is 6.79 Å². The molecule has 0 unspecified atom stereocenters. The molecule has 4 rings (SSSR count). The van der Waals surface area contributed by atoms with Crippen molar-refractivity contribution >= 4 is 17.3 Å².